The number of esters is 1. The van der Waals surface area contributed by atoms with Crippen LogP contribution in [0.15, 0.2) is 0 Å². The summed E-state index contributed by atoms with van der Waals surface area (Å²) in [5, 5.41) is 0.411. The molecule has 0 unspecified atom stereocenters. The zero-order valence-corrected chi connectivity index (χ0v) is 9.89. The van der Waals surface area contributed by atoms with E-state index in [9.17, 15) is 9.59 Å². The largest absolute Gasteiger partial charge is 0.449 e. The minimum Gasteiger partial charge on any atom is -0.449 e. The number of halogens is 1. The average molecular weight is 261 g/mol. The molecule has 2 bridgehead atoms. The molecule has 0 aromatic rings. The zero-order chi connectivity index (χ0) is 10.6. The summed E-state index contributed by atoms with van der Waals surface area (Å²) in [6, 6.07) is 0. The fourth-order valence-electron chi connectivity index (χ4n) is 2.60. The summed E-state index contributed by atoms with van der Waals surface area (Å²) in [6.07, 6.45) is 1.10. The van der Waals surface area contributed by atoms with Gasteiger partial charge in [0.25, 0.3) is 0 Å². The SMILES string of the molecule is CC1(C)[C@H]2CCC(=O)[C@]1(CBr)OC2=O. The highest BCUT2D eigenvalue weighted by atomic mass is 79.9. The number of Topliss-reactive ketones (excluding diaryl/α,β-unsaturated/α-hetero) is 1. The predicted octanol–water partition coefficient (Wildman–Crippen LogP) is 1.68. The van der Waals surface area contributed by atoms with E-state index in [1.54, 1.807) is 0 Å². The van der Waals surface area contributed by atoms with Crippen LogP contribution >= 0.6 is 15.9 Å². The van der Waals surface area contributed by atoms with E-state index < -0.39 is 5.60 Å². The lowest BCUT2D eigenvalue weighted by molar-refractivity contribution is -0.158. The normalized spacial score (nSPS) is 39.8. The van der Waals surface area contributed by atoms with Crippen molar-refractivity contribution in [2.24, 2.45) is 11.3 Å². The van der Waals surface area contributed by atoms with Gasteiger partial charge in [0.15, 0.2) is 11.4 Å². The van der Waals surface area contributed by atoms with E-state index in [2.05, 4.69) is 15.9 Å². The number of alkyl halides is 1. The molecule has 0 aromatic carbocycles. The molecule has 2 atom stereocenters. The minimum atomic E-state index is -0.910. The Morgan fingerprint density at radius 1 is 1.50 bits per heavy atom. The Balaban J connectivity index is 2.53. The van der Waals surface area contributed by atoms with Crippen molar-refractivity contribution in [1.82, 2.24) is 0 Å². The van der Waals surface area contributed by atoms with E-state index >= 15 is 0 Å². The lowest BCUT2D eigenvalue weighted by atomic mass is 9.62. The molecule has 2 rings (SSSR count). The number of hydrogen-bond donors (Lipinski definition) is 0. The van der Waals surface area contributed by atoms with E-state index in [1.807, 2.05) is 13.8 Å². The molecular weight excluding hydrogens is 248 g/mol. The third-order valence-corrected chi connectivity index (χ3v) is 4.56. The van der Waals surface area contributed by atoms with Crippen LogP contribution in [0, 0.1) is 11.3 Å². The fourth-order valence-corrected chi connectivity index (χ4v) is 3.75. The van der Waals surface area contributed by atoms with E-state index in [1.165, 1.54) is 0 Å². The molecule has 0 amide bonds. The first-order valence-corrected chi connectivity index (χ1v) is 5.90. The van der Waals surface area contributed by atoms with Crippen molar-refractivity contribution in [2.75, 3.05) is 5.33 Å². The molecule has 2 fully saturated rings. The van der Waals surface area contributed by atoms with Gasteiger partial charge >= 0.3 is 5.97 Å². The van der Waals surface area contributed by atoms with Gasteiger partial charge in [-0.25, -0.2) is 0 Å². The third-order valence-electron chi connectivity index (χ3n) is 3.77. The number of ether oxygens (including phenoxy) is 1. The first-order chi connectivity index (χ1) is 6.45. The quantitative estimate of drug-likeness (QED) is 0.532. The van der Waals surface area contributed by atoms with Gasteiger partial charge in [0.1, 0.15) is 0 Å². The summed E-state index contributed by atoms with van der Waals surface area (Å²) in [7, 11) is 0. The number of carbonyl (C=O) groups excluding carboxylic acids is 2. The highest BCUT2D eigenvalue weighted by molar-refractivity contribution is 9.09. The molecule has 1 aliphatic carbocycles. The Labute approximate surface area is 91.3 Å². The summed E-state index contributed by atoms with van der Waals surface area (Å²) in [6.45, 7) is 3.89. The molecule has 0 aromatic heterocycles. The van der Waals surface area contributed by atoms with E-state index in [0.29, 0.717) is 18.2 Å². The monoisotopic (exact) mass is 260 g/mol. The third kappa shape index (κ3) is 0.926. The lowest BCUT2D eigenvalue weighted by Crippen LogP contribution is -2.54. The second kappa shape index (κ2) is 2.81. The molecule has 4 heteroatoms. The van der Waals surface area contributed by atoms with Gasteiger partial charge in [0, 0.05) is 11.8 Å². The van der Waals surface area contributed by atoms with E-state index in [4.69, 9.17) is 4.74 Å². The van der Waals surface area contributed by atoms with Crippen LogP contribution < -0.4 is 0 Å². The first kappa shape index (κ1) is 10.1. The van der Waals surface area contributed by atoms with Crippen LogP contribution in [0.4, 0.5) is 0 Å². The van der Waals surface area contributed by atoms with Crippen molar-refractivity contribution in [3.63, 3.8) is 0 Å². The first-order valence-electron chi connectivity index (χ1n) is 4.78. The molecule has 1 saturated carbocycles. The Morgan fingerprint density at radius 2 is 2.14 bits per heavy atom. The smallest absolute Gasteiger partial charge is 0.310 e. The molecule has 1 heterocycles. The van der Waals surface area contributed by atoms with Gasteiger partial charge in [-0.05, 0) is 6.42 Å². The Bertz CT molecular complexity index is 310. The minimum absolute atomic E-state index is 0.0569. The van der Waals surface area contributed by atoms with Gasteiger partial charge in [-0.15, -0.1) is 0 Å². The van der Waals surface area contributed by atoms with Crippen LogP contribution in [-0.4, -0.2) is 22.7 Å². The second-order valence-corrected chi connectivity index (χ2v) is 5.18. The Kier molecular flexibility index (Phi) is 2.04. The summed E-state index contributed by atoms with van der Waals surface area (Å²) in [4.78, 5) is 23.4. The molecular formula is C10H13BrO3. The van der Waals surface area contributed by atoms with Crippen molar-refractivity contribution < 1.29 is 14.3 Å². The van der Waals surface area contributed by atoms with E-state index in [-0.39, 0.29) is 23.1 Å². The molecule has 0 radical (unpaired) electrons. The topological polar surface area (TPSA) is 43.4 Å². The van der Waals surface area contributed by atoms with Crippen LogP contribution in [0.2, 0.25) is 0 Å². The number of hydrogen-bond acceptors (Lipinski definition) is 3. The van der Waals surface area contributed by atoms with Gasteiger partial charge in [0.2, 0.25) is 0 Å². The molecule has 3 nitrogen and oxygen atoms in total. The van der Waals surface area contributed by atoms with Gasteiger partial charge < -0.3 is 4.74 Å². The van der Waals surface area contributed by atoms with Crippen LogP contribution in [0.5, 0.6) is 0 Å². The van der Waals surface area contributed by atoms with E-state index in [0.717, 1.165) is 0 Å². The summed E-state index contributed by atoms with van der Waals surface area (Å²) >= 11 is 3.30. The van der Waals surface area contributed by atoms with Crippen molar-refractivity contribution in [1.29, 1.82) is 0 Å². The molecule has 14 heavy (non-hydrogen) atoms. The number of carbonyl (C=O) groups is 2. The Morgan fingerprint density at radius 3 is 2.64 bits per heavy atom. The fraction of sp³-hybridized carbons (Fsp3) is 0.800. The summed E-state index contributed by atoms with van der Waals surface area (Å²) in [5.41, 5.74) is -1.28. The van der Waals surface area contributed by atoms with Crippen LogP contribution in [0.3, 0.4) is 0 Å². The van der Waals surface area contributed by atoms with Gasteiger partial charge in [-0.1, -0.05) is 29.8 Å². The predicted molar refractivity (Wildman–Crippen MR) is 54.1 cm³/mol. The van der Waals surface area contributed by atoms with Crippen molar-refractivity contribution in [3.05, 3.63) is 0 Å². The molecule has 78 valence electrons. The van der Waals surface area contributed by atoms with Gasteiger partial charge in [-0.2, -0.15) is 0 Å². The number of fused-ring (bicyclic) bond motifs is 2. The maximum absolute atomic E-state index is 11.9. The lowest BCUT2D eigenvalue weighted by Gasteiger charge is -2.41. The second-order valence-electron chi connectivity index (χ2n) is 4.62. The maximum atomic E-state index is 11.9. The summed E-state index contributed by atoms with van der Waals surface area (Å²) in [5.74, 6) is -0.264. The molecule has 0 spiro atoms. The molecule has 1 saturated heterocycles. The van der Waals surface area contributed by atoms with Crippen molar-refractivity contribution in [2.45, 2.75) is 32.3 Å². The maximum Gasteiger partial charge on any atom is 0.310 e. The highest BCUT2D eigenvalue weighted by Crippen LogP contribution is 2.54. The van der Waals surface area contributed by atoms with Crippen LogP contribution in [0.1, 0.15) is 26.7 Å². The van der Waals surface area contributed by atoms with Gasteiger partial charge in [0.05, 0.1) is 11.2 Å². The average Bonchev–Trinajstić information content (AvgIpc) is 2.23. The number of ketones is 1. The zero-order valence-electron chi connectivity index (χ0n) is 8.30. The van der Waals surface area contributed by atoms with Gasteiger partial charge in [-0.3, -0.25) is 9.59 Å². The van der Waals surface area contributed by atoms with Crippen molar-refractivity contribution >= 4 is 27.7 Å². The van der Waals surface area contributed by atoms with Crippen LogP contribution in [-0.2, 0) is 14.3 Å². The molecule has 0 N–H and O–H groups in total. The van der Waals surface area contributed by atoms with Crippen LogP contribution in [0.25, 0.3) is 0 Å². The van der Waals surface area contributed by atoms with Crippen molar-refractivity contribution in [3.8, 4) is 0 Å². The highest BCUT2D eigenvalue weighted by Gasteiger charge is 2.66. The Hall–Kier alpha value is -0.380. The number of rotatable bonds is 1. The summed E-state index contributed by atoms with van der Waals surface area (Å²) < 4.78 is 5.31. The molecule has 2 aliphatic rings. The standard InChI is InChI=1S/C10H13BrO3/c1-9(2)6-3-4-7(12)10(9,5-11)14-8(6)13/h6H,3-5H2,1-2H3/t6-,10-/m0/s1. The molecule has 1 aliphatic heterocycles.